The van der Waals surface area contributed by atoms with Crippen molar-refractivity contribution in [2.45, 2.75) is 25.8 Å². The summed E-state index contributed by atoms with van der Waals surface area (Å²) in [5, 5.41) is 3.48. The summed E-state index contributed by atoms with van der Waals surface area (Å²) in [6.45, 7) is 12.5. The van der Waals surface area contributed by atoms with E-state index in [2.05, 4.69) is 18.5 Å². The van der Waals surface area contributed by atoms with Crippen molar-refractivity contribution in [1.29, 1.82) is 0 Å². The molecular formula is C16H20N2O. The molecule has 1 fully saturated rings. The van der Waals surface area contributed by atoms with Crippen LogP contribution < -0.4 is 10.9 Å². The van der Waals surface area contributed by atoms with E-state index in [-0.39, 0.29) is 5.56 Å². The second kappa shape index (κ2) is 4.49. The fourth-order valence-corrected chi connectivity index (χ4v) is 3.65. The minimum Gasteiger partial charge on any atom is -0.316 e. The number of hydrogen-bond acceptors (Lipinski definition) is 2. The summed E-state index contributed by atoms with van der Waals surface area (Å²) in [7, 11) is 0. The van der Waals surface area contributed by atoms with Gasteiger partial charge in [-0.1, -0.05) is 25.3 Å². The number of pyridine rings is 1. The van der Waals surface area contributed by atoms with Crippen molar-refractivity contribution in [3.8, 4) is 0 Å². The van der Waals surface area contributed by atoms with Gasteiger partial charge in [-0.2, -0.15) is 0 Å². The first-order chi connectivity index (χ1) is 9.17. The Morgan fingerprint density at radius 3 is 2.68 bits per heavy atom. The van der Waals surface area contributed by atoms with Gasteiger partial charge in [0.25, 0.3) is 5.56 Å². The molecule has 0 radical (unpaired) electrons. The van der Waals surface area contributed by atoms with Crippen LogP contribution in [-0.2, 0) is 6.54 Å². The summed E-state index contributed by atoms with van der Waals surface area (Å²) in [5.74, 6) is 1.01. The molecule has 2 unspecified atom stereocenters. The van der Waals surface area contributed by atoms with Crippen LogP contribution in [0.3, 0.4) is 0 Å². The zero-order valence-corrected chi connectivity index (χ0v) is 11.4. The van der Waals surface area contributed by atoms with E-state index >= 15 is 0 Å². The molecular weight excluding hydrogens is 236 g/mol. The molecule has 0 aliphatic carbocycles. The van der Waals surface area contributed by atoms with Gasteiger partial charge >= 0.3 is 0 Å². The average Bonchev–Trinajstić information content (AvgIpc) is 2.41. The second-order valence-electron chi connectivity index (χ2n) is 5.62. The van der Waals surface area contributed by atoms with E-state index in [1.807, 2.05) is 17.6 Å². The number of piperidine rings is 1. The van der Waals surface area contributed by atoms with E-state index in [0.717, 1.165) is 36.3 Å². The summed E-state index contributed by atoms with van der Waals surface area (Å²) >= 11 is 0. The van der Waals surface area contributed by atoms with Gasteiger partial charge in [-0.25, -0.2) is 0 Å². The van der Waals surface area contributed by atoms with Gasteiger partial charge < -0.3 is 9.88 Å². The SMILES string of the molecule is C=Cc1c(C)c(C=C)c(=O)n2c1C1CNCC(C1)C2. The van der Waals surface area contributed by atoms with Gasteiger partial charge in [-0.05, 0) is 36.9 Å². The molecule has 3 heteroatoms. The van der Waals surface area contributed by atoms with Gasteiger partial charge in [-0.3, -0.25) is 4.79 Å². The Kier molecular flexibility index (Phi) is 2.94. The Hall–Kier alpha value is -1.61. The molecule has 1 N–H and O–H groups in total. The molecule has 2 aliphatic heterocycles. The highest BCUT2D eigenvalue weighted by Crippen LogP contribution is 2.35. The second-order valence-corrected chi connectivity index (χ2v) is 5.62. The lowest BCUT2D eigenvalue weighted by Crippen LogP contribution is -2.46. The molecule has 19 heavy (non-hydrogen) atoms. The molecule has 2 aliphatic rings. The lowest BCUT2D eigenvalue weighted by atomic mass is 9.81. The van der Waals surface area contributed by atoms with Crippen LogP contribution in [0.25, 0.3) is 12.2 Å². The zero-order valence-electron chi connectivity index (χ0n) is 11.4. The Labute approximate surface area is 113 Å². The highest BCUT2D eigenvalue weighted by atomic mass is 16.1. The largest absolute Gasteiger partial charge is 0.316 e. The van der Waals surface area contributed by atoms with E-state index in [1.165, 1.54) is 12.1 Å². The molecule has 0 amide bonds. The summed E-state index contributed by atoms with van der Waals surface area (Å²) in [6.07, 6.45) is 4.75. The minimum absolute atomic E-state index is 0.115. The highest BCUT2D eigenvalue weighted by Gasteiger charge is 2.33. The molecule has 3 heterocycles. The number of rotatable bonds is 2. The van der Waals surface area contributed by atoms with Crippen LogP contribution in [0.5, 0.6) is 0 Å². The van der Waals surface area contributed by atoms with Crippen molar-refractivity contribution < 1.29 is 0 Å². The molecule has 1 aromatic heterocycles. The maximum Gasteiger partial charge on any atom is 0.258 e. The van der Waals surface area contributed by atoms with Crippen molar-refractivity contribution >= 4 is 12.2 Å². The Morgan fingerprint density at radius 2 is 2.00 bits per heavy atom. The third-order valence-corrected chi connectivity index (χ3v) is 4.53. The monoisotopic (exact) mass is 256 g/mol. The molecule has 0 spiro atoms. The van der Waals surface area contributed by atoms with Crippen molar-refractivity contribution in [3.63, 3.8) is 0 Å². The van der Waals surface area contributed by atoms with Gasteiger partial charge in [0.05, 0.1) is 0 Å². The normalized spacial score (nSPS) is 24.7. The third kappa shape index (κ3) is 1.72. The van der Waals surface area contributed by atoms with Gasteiger partial charge in [0, 0.05) is 30.3 Å². The number of hydrogen-bond donors (Lipinski definition) is 1. The Balaban J connectivity index is 2.34. The lowest BCUT2D eigenvalue weighted by molar-refractivity contribution is 0.256. The molecule has 3 nitrogen and oxygen atoms in total. The standard InChI is InChI=1S/C16H20N2O/c1-4-13-10(3)14(5-2)16(19)18-9-11-6-12(15(13)18)8-17-7-11/h4-5,11-12,17H,1-2,6-9H2,3H3. The summed E-state index contributed by atoms with van der Waals surface area (Å²) in [6, 6.07) is 0. The fraction of sp³-hybridized carbons (Fsp3) is 0.438. The van der Waals surface area contributed by atoms with Crippen molar-refractivity contribution in [3.05, 3.63) is 45.9 Å². The molecule has 0 saturated carbocycles. The fourth-order valence-electron chi connectivity index (χ4n) is 3.65. The minimum atomic E-state index is 0.115. The quantitative estimate of drug-likeness (QED) is 0.879. The average molecular weight is 256 g/mol. The Morgan fingerprint density at radius 1 is 1.26 bits per heavy atom. The van der Waals surface area contributed by atoms with Gasteiger partial charge in [-0.15, -0.1) is 0 Å². The first-order valence-electron chi connectivity index (χ1n) is 6.90. The Bertz CT molecular complexity index is 612. The molecule has 0 aromatic carbocycles. The van der Waals surface area contributed by atoms with Crippen LogP contribution in [-0.4, -0.2) is 17.7 Å². The number of nitrogens with zero attached hydrogens (tertiary/aromatic N) is 1. The number of fused-ring (bicyclic) bond motifs is 4. The smallest absolute Gasteiger partial charge is 0.258 e. The highest BCUT2D eigenvalue weighted by molar-refractivity contribution is 5.63. The molecule has 2 atom stereocenters. The maximum absolute atomic E-state index is 12.6. The predicted octanol–water partition coefficient (Wildman–Crippen LogP) is 2.15. The summed E-state index contributed by atoms with van der Waals surface area (Å²) in [4.78, 5) is 12.6. The lowest BCUT2D eigenvalue weighted by Gasteiger charge is -2.39. The van der Waals surface area contributed by atoms with Gasteiger partial charge in [0.1, 0.15) is 0 Å². The first kappa shape index (κ1) is 12.4. The molecule has 3 rings (SSSR count). The van der Waals surface area contributed by atoms with Crippen molar-refractivity contribution in [2.75, 3.05) is 13.1 Å². The predicted molar refractivity (Wildman–Crippen MR) is 79.3 cm³/mol. The van der Waals surface area contributed by atoms with E-state index in [4.69, 9.17) is 0 Å². The van der Waals surface area contributed by atoms with Crippen LogP contribution in [0, 0.1) is 12.8 Å². The molecule has 1 saturated heterocycles. The molecule has 1 aromatic rings. The van der Waals surface area contributed by atoms with Crippen molar-refractivity contribution in [1.82, 2.24) is 9.88 Å². The van der Waals surface area contributed by atoms with Gasteiger partial charge in [0.15, 0.2) is 0 Å². The third-order valence-electron chi connectivity index (χ3n) is 4.53. The molecule has 100 valence electrons. The van der Waals surface area contributed by atoms with E-state index < -0.39 is 0 Å². The van der Waals surface area contributed by atoms with Crippen molar-refractivity contribution in [2.24, 2.45) is 5.92 Å². The summed E-state index contributed by atoms with van der Waals surface area (Å²) < 4.78 is 1.97. The van der Waals surface area contributed by atoms with Crippen LogP contribution in [0.2, 0.25) is 0 Å². The molecule has 2 bridgehead atoms. The maximum atomic E-state index is 12.6. The van der Waals surface area contributed by atoms with Crippen LogP contribution in [0.15, 0.2) is 18.0 Å². The van der Waals surface area contributed by atoms with E-state index in [0.29, 0.717) is 11.8 Å². The van der Waals surface area contributed by atoms with E-state index in [9.17, 15) is 4.79 Å². The topological polar surface area (TPSA) is 34.0 Å². The number of aromatic nitrogens is 1. The van der Waals surface area contributed by atoms with Crippen LogP contribution in [0.1, 0.15) is 34.7 Å². The zero-order chi connectivity index (χ0) is 13.6. The van der Waals surface area contributed by atoms with Crippen LogP contribution >= 0.6 is 0 Å². The van der Waals surface area contributed by atoms with E-state index in [1.54, 1.807) is 6.08 Å². The number of nitrogens with one attached hydrogen (secondary N) is 1. The van der Waals surface area contributed by atoms with Crippen LogP contribution in [0.4, 0.5) is 0 Å². The van der Waals surface area contributed by atoms with Gasteiger partial charge in [0.2, 0.25) is 0 Å². The summed E-state index contributed by atoms with van der Waals surface area (Å²) in [5.41, 5.74) is 4.16. The first-order valence-corrected chi connectivity index (χ1v) is 6.90.